The summed E-state index contributed by atoms with van der Waals surface area (Å²) < 4.78 is 4.12. The smallest absolute Gasteiger partial charge is 0.274 e. The van der Waals surface area contributed by atoms with E-state index in [1.807, 2.05) is 30.8 Å². The lowest BCUT2D eigenvalue weighted by Crippen LogP contribution is -2.15. The van der Waals surface area contributed by atoms with E-state index >= 15 is 0 Å². The molecule has 2 N–H and O–H groups in total. The average Bonchev–Trinajstić information content (AvgIpc) is 3.21. The zero-order chi connectivity index (χ0) is 17.3. The second-order valence-corrected chi connectivity index (χ2v) is 6.53. The van der Waals surface area contributed by atoms with Gasteiger partial charge in [-0.2, -0.15) is 5.10 Å². The van der Waals surface area contributed by atoms with Crippen molar-refractivity contribution in [2.45, 2.75) is 13.5 Å². The van der Waals surface area contributed by atoms with Crippen molar-refractivity contribution in [1.29, 1.82) is 0 Å². The van der Waals surface area contributed by atoms with Crippen LogP contribution in [0.1, 0.15) is 16.2 Å². The molecule has 24 heavy (non-hydrogen) atoms. The molecule has 0 aromatic carbocycles. The zero-order valence-corrected chi connectivity index (χ0v) is 14.9. The van der Waals surface area contributed by atoms with E-state index in [0.717, 1.165) is 10.6 Å². The van der Waals surface area contributed by atoms with Crippen molar-refractivity contribution >= 4 is 34.6 Å². The number of hydrogen-bond acceptors (Lipinski definition) is 5. The molecule has 0 fully saturated rings. The maximum atomic E-state index is 12.3. The molecule has 0 aliphatic heterocycles. The van der Waals surface area contributed by atoms with Crippen LogP contribution in [-0.2, 0) is 13.6 Å². The molecule has 1 amide bonds. The van der Waals surface area contributed by atoms with Gasteiger partial charge in [0.05, 0.1) is 10.6 Å². The van der Waals surface area contributed by atoms with E-state index in [-0.39, 0.29) is 5.91 Å². The van der Waals surface area contributed by atoms with E-state index < -0.39 is 0 Å². The summed E-state index contributed by atoms with van der Waals surface area (Å²) in [6.07, 6.45) is 3.57. The molecule has 0 spiro atoms. The van der Waals surface area contributed by atoms with Gasteiger partial charge in [-0.25, -0.2) is 4.98 Å². The van der Waals surface area contributed by atoms with Crippen LogP contribution in [0.4, 0.5) is 5.13 Å². The van der Waals surface area contributed by atoms with Crippen LogP contribution < -0.4 is 5.32 Å². The van der Waals surface area contributed by atoms with Gasteiger partial charge in [0.2, 0.25) is 0 Å². The van der Waals surface area contributed by atoms with Crippen molar-refractivity contribution in [3.8, 4) is 10.7 Å². The Hall–Kier alpha value is -2.52. The number of anilines is 1. The highest BCUT2D eigenvalue weighted by molar-refractivity contribution is 7.71. The molecule has 0 saturated carbocycles. The molecular weight excluding hydrogens is 344 g/mol. The zero-order valence-electron chi connectivity index (χ0n) is 13.2. The molecule has 7 nitrogen and oxygen atoms in total. The number of thiazole rings is 1. The van der Waals surface area contributed by atoms with E-state index in [0.29, 0.717) is 28.0 Å². The molecule has 124 valence electrons. The topological polar surface area (TPSA) is 80.5 Å². The van der Waals surface area contributed by atoms with Crippen LogP contribution in [0.15, 0.2) is 31.0 Å². The van der Waals surface area contributed by atoms with Gasteiger partial charge in [-0.1, -0.05) is 17.4 Å². The molecule has 0 aliphatic carbocycles. The summed E-state index contributed by atoms with van der Waals surface area (Å²) in [5.74, 6) is 0.488. The second kappa shape index (κ2) is 6.54. The number of allylic oxidation sites excluding steroid dienone is 1. The average molecular weight is 360 g/mol. The lowest BCUT2D eigenvalue weighted by atomic mass is 10.3. The minimum Gasteiger partial charge on any atom is -0.347 e. The minimum atomic E-state index is -0.201. The Morgan fingerprint density at radius 1 is 1.58 bits per heavy atom. The number of amides is 1. The first-order chi connectivity index (χ1) is 11.5. The molecule has 0 radical (unpaired) electrons. The molecular formula is C15H16N6OS2. The lowest BCUT2D eigenvalue weighted by molar-refractivity contribution is 0.101. The van der Waals surface area contributed by atoms with Crippen molar-refractivity contribution in [2.24, 2.45) is 7.05 Å². The highest BCUT2D eigenvalue weighted by atomic mass is 32.1. The number of aryl methyl sites for hydroxylation is 2. The second-order valence-electron chi connectivity index (χ2n) is 5.14. The molecule has 3 rings (SSSR count). The third-order valence-corrected chi connectivity index (χ3v) is 4.85. The van der Waals surface area contributed by atoms with Crippen molar-refractivity contribution in [3.05, 3.63) is 47.1 Å². The molecule has 9 heteroatoms. The minimum absolute atomic E-state index is 0.201. The quantitative estimate of drug-likeness (QED) is 0.541. The standard InChI is InChI=1S/C15H16N6OS2/c1-4-7-21-12(18-19-15(21)23)11-9(2)16-14(24-11)17-13(22)10-6-5-8-20(10)3/h4-6,8H,1,7H2,2-3H3,(H,19,23)(H,16,17,22). The molecule has 3 aromatic heterocycles. The fraction of sp³-hybridized carbons (Fsp3) is 0.200. The van der Waals surface area contributed by atoms with Gasteiger partial charge >= 0.3 is 0 Å². The van der Waals surface area contributed by atoms with Crippen LogP contribution in [0.25, 0.3) is 10.7 Å². The van der Waals surface area contributed by atoms with E-state index in [1.165, 1.54) is 11.3 Å². The van der Waals surface area contributed by atoms with Gasteiger partial charge in [0.25, 0.3) is 5.91 Å². The van der Waals surface area contributed by atoms with E-state index in [2.05, 4.69) is 27.1 Å². The van der Waals surface area contributed by atoms with Gasteiger partial charge in [-0.15, -0.1) is 6.58 Å². The highest BCUT2D eigenvalue weighted by Crippen LogP contribution is 2.31. The first kappa shape index (κ1) is 16.3. The van der Waals surface area contributed by atoms with E-state index in [4.69, 9.17) is 12.2 Å². The maximum Gasteiger partial charge on any atom is 0.274 e. The van der Waals surface area contributed by atoms with Gasteiger partial charge in [0.1, 0.15) is 5.69 Å². The van der Waals surface area contributed by atoms with E-state index in [1.54, 1.807) is 16.7 Å². The molecule has 0 bridgehead atoms. The number of H-pyrrole nitrogens is 1. The number of aromatic amines is 1. The molecule has 0 unspecified atom stereocenters. The Morgan fingerprint density at radius 3 is 3.04 bits per heavy atom. The normalized spacial score (nSPS) is 10.8. The third kappa shape index (κ3) is 2.95. The van der Waals surface area contributed by atoms with Crippen LogP contribution in [0.5, 0.6) is 0 Å². The predicted molar refractivity (Wildman–Crippen MR) is 96.8 cm³/mol. The first-order valence-corrected chi connectivity index (χ1v) is 8.40. The summed E-state index contributed by atoms with van der Waals surface area (Å²) in [5, 5.41) is 10.4. The molecule has 0 saturated heterocycles. The summed E-state index contributed by atoms with van der Waals surface area (Å²) in [6.45, 7) is 6.16. The number of rotatable bonds is 5. The van der Waals surface area contributed by atoms with Crippen molar-refractivity contribution in [2.75, 3.05) is 5.32 Å². The number of nitrogens with one attached hydrogen (secondary N) is 2. The van der Waals surface area contributed by atoms with Crippen LogP contribution >= 0.6 is 23.6 Å². The van der Waals surface area contributed by atoms with Crippen molar-refractivity contribution in [1.82, 2.24) is 24.3 Å². The van der Waals surface area contributed by atoms with Gasteiger partial charge in [-0.05, 0) is 31.3 Å². The van der Waals surface area contributed by atoms with Gasteiger partial charge in [-0.3, -0.25) is 19.8 Å². The molecule has 3 aromatic rings. The van der Waals surface area contributed by atoms with Gasteiger partial charge < -0.3 is 4.57 Å². The number of carbonyl (C=O) groups is 1. The van der Waals surface area contributed by atoms with Crippen LogP contribution in [-0.4, -0.2) is 30.2 Å². The Morgan fingerprint density at radius 2 is 2.38 bits per heavy atom. The largest absolute Gasteiger partial charge is 0.347 e. The lowest BCUT2D eigenvalue weighted by Gasteiger charge is -2.02. The summed E-state index contributed by atoms with van der Waals surface area (Å²) in [5.41, 5.74) is 1.35. The Bertz CT molecular complexity index is 961. The molecule has 0 atom stereocenters. The van der Waals surface area contributed by atoms with Crippen molar-refractivity contribution in [3.63, 3.8) is 0 Å². The molecule has 0 aliphatic rings. The predicted octanol–water partition coefficient (Wildman–Crippen LogP) is 3.15. The van der Waals surface area contributed by atoms with Crippen molar-refractivity contribution < 1.29 is 4.79 Å². The SMILES string of the molecule is C=CCn1c(-c2sc(NC(=O)c3cccn3C)nc2C)n[nH]c1=S. The third-order valence-electron chi connectivity index (χ3n) is 3.47. The van der Waals surface area contributed by atoms with Gasteiger partial charge in [0, 0.05) is 19.8 Å². The number of carbonyl (C=O) groups excluding carboxylic acids is 1. The summed E-state index contributed by atoms with van der Waals surface area (Å²) >= 11 is 6.60. The number of nitrogens with zero attached hydrogens (tertiary/aromatic N) is 4. The first-order valence-electron chi connectivity index (χ1n) is 7.18. The fourth-order valence-electron chi connectivity index (χ4n) is 2.31. The van der Waals surface area contributed by atoms with Crippen LogP contribution in [0.2, 0.25) is 0 Å². The van der Waals surface area contributed by atoms with Gasteiger partial charge in [0.15, 0.2) is 15.7 Å². The summed E-state index contributed by atoms with van der Waals surface area (Å²) in [4.78, 5) is 17.6. The van der Waals surface area contributed by atoms with Crippen LogP contribution in [0.3, 0.4) is 0 Å². The maximum absolute atomic E-state index is 12.3. The van der Waals surface area contributed by atoms with E-state index in [9.17, 15) is 4.79 Å². The monoisotopic (exact) mass is 360 g/mol. The van der Waals surface area contributed by atoms with Crippen LogP contribution in [0, 0.1) is 11.7 Å². The molecule has 3 heterocycles. The number of hydrogen-bond donors (Lipinski definition) is 2. The summed E-state index contributed by atoms with van der Waals surface area (Å²) in [6, 6.07) is 3.58. The number of aromatic nitrogens is 5. The Balaban J connectivity index is 1.91. The summed E-state index contributed by atoms with van der Waals surface area (Å²) in [7, 11) is 1.82. The fourth-order valence-corrected chi connectivity index (χ4v) is 3.47. The Labute approximate surface area is 147 Å². The Kier molecular flexibility index (Phi) is 4.45. The highest BCUT2D eigenvalue weighted by Gasteiger charge is 2.18.